The molecule has 0 spiro atoms. The van der Waals surface area contributed by atoms with E-state index in [2.05, 4.69) is 6.07 Å². The molecule has 3 nitrogen and oxygen atoms in total. The van der Waals surface area contributed by atoms with Gasteiger partial charge in [-0.05, 0) is 26.0 Å². The van der Waals surface area contributed by atoms with E-state index in [4.69, 9.17) is 0 Å². The Bertz CT molecular complexity index is 574. The van der Waals surface area contributed by atoms with Crippen molar-refractivity contribution in [1.29, 1.82) is 0 Å². The van der Waals surface area contributed by atoms with E-state index < -0.39 is 0 Å². The molecule has 0 saturated heterocycles. The highest BCUT2D eigenvalue weighted by Crippen LogP contribution is 2.12. The van der Waals surface area contributed by atoms with Crippen molar-refractivity contribution >= 4 is 16.8 Å². The van der Waals surface area contributed by atoms with Crippen LogP contribution in [0.1, 0.15) is 24.2 Å². The smallest absolute Gasteiger partial charge is 0.259 e. The third kappa shape index (κ3) is 2.21. The summed E-state index contributed by atoms with van der Waals surface area (Å²) in [5.41, 5.74) is 1.88. The van der Waals surface area contributed by atoms with Gasteiger partial charge in [0.15, 0.2) is 6.20 Å². The number of aryl methyl sites for hydroxylation is 1. The topological polar surface area (TPSA) is 24.2 Å². The number of fused-ring (bicyclic) bond motifs is 1. The highest BCUT2D eigenvalue weighted by atomic mass is 16.2. The summed E-state index contributed by atoms with van der Waals surface area (Å²) < 4.78 is 2.01. The summed E-state index contributed by atoms with van der Waals surface area (Å²) >= 11 is 0. The molecule has 2 rings (SSSR count). The lowest BCUT2D eigenvalue weighted by Gasteiger charge is -2.17. The number of amides is 1. The molecule has 1 aromatic carbocycles. The molecule has 0 fully saturated rings. The second-order valence-corrected chi connectivity index (χ2v) is 4.38. The maximum Gasteiger partial charge on any atom is 0.259 e. The molecule has 0 saturated carbocycles. The minimum atomic E-state index is 0.0985. The molecule has 1 amide bonds. The van der Waals surface area contributed by atoms with Gasteiger partial charge in [0.25, 0.3) is 5.91 Å². The molecular formula is C15H19N2O+. The van der Waals surface area contributed by atoms with Crippen LogP contribution in [0.5, 0.6) is 0 Å². The van der Waals surface area contributed by atoms with E-state index in [1.807, 2.05) is 60.8 Å². The van der Waals surface area contributed by atoms with Crippen molar-refractivity contribution in [1.82, 2.24) is 4.90 Å². The molecule has 1 heterocycles. The molecule has 0 aliphatic rings. The summed E-state index contributed by atoms with van der Waals surface area (Å²) in [6.45, 7) is 5.49. The fourth-order valence-corrected chi connectivity index (χ4v) is 2.22. The predicted molar refractivity (Wildman–Crippen MR) is 72.4 cm³/mol. The quantitative estimate of drug-likeness (QED) is 0.758. The molecule has 1 aromatic heterocycles. The Balaban J connectivity index is 2.49. The van der Waals surface area contributed by atoms with E-state index in [1.165, 1.54) is 0 Å². The fraction of sp³-hybridized carbons (Fsp3) is 0.333. The largest absolute Gasteiger partial charge is 0.339 e. The second-order valence-electron chi connectivity index (χ2n) is 4.38. The average molecular weight is 243 g/mol. The number of carbonyl (C=O) groups excluding carboxylic acids is 1. The van der Waals surface area contributed by atoms with E-state index in [1.54, 1.807) is 0 Å². The molecule has 0 bridgehead atoms. The fourth-order valence-electron chi connectivity index (χ4n) is 2.22. The van der Waals surface area contributed by atoms with Gasteiger partial charge in [-0.3, -0.25) is 4.79 Å². The standard InChI is InChI=1S/C15H19N2O/c1-4-17(5-2)15(18)13-10-12-8-6-7-9-14(12)16(3)11-13/h6-11H,4-5H2,1-3H3/q+1. The van der Waals surface area contributed by atoms with Crippen LogP contribution in [0, 0.1) is 0 Å². The first-order valence-electron chi connectivity index (χ1n) is 6.35. The zero-order chi connectivity index (χ0) is 13.1. The number of para-hydroxylation sites is 1. The first-order chi connectivity index (χ1) is 8.67. The van der Waals surface area contributed by atoms with E-state index in [9.17, 15) is 4.79 Å². The summed E-state index contributed by atoms with van der Waals surface area (Å²) in [7, 11) is 1.97. The monoisotopic (exact) mass is 243 g/mol. The van der Waals surface area contributed by atoms with E-state index in [-0.39, 0.29) is 5.91 Å². The first-order valence-corrected chi connectivity index (χ1v) is 6.35. The van der Waals surface area contributed by atoms with Gasteiger partial charge >= 0.3 is 0 Å². The van der Waals surface area contributed by atoms with Crippen LogP contribution in [-0.2, 0) is 7.05 Å². The van der Waals surface area contributed by atoms with Gasteiger partial charge < -0.3 is 4.90 Å². The lowest BCUT2D eigenvalue weighted by atomic mass is 10.1. The van der Waals surface area contributed by atoms with Crippen LogP contribution in [0.15, 0.2) is 36.5 Å². The van der Waals surface area contributed by atoms with Gasteiger partial charge in [0.05, 0.1) is 0 Å². The number of rotatable bonds is 3. The van der Waals surface area contributed by atoms with Crippen LogP contribution >= 0.6 is 0 Å². The van der Waals surface area contributed by atoms with Crippen LogP contribution in [0.3, 0.4) is 0 Å². The number of carbonyl (C=O) groups is 1. The zero-order valence-corrected chi connectivity index (χ0v) is 11.2. The van der Waals surface area contributed by atoms with Crippen molar-refractivity contribution in [2.75, 3.05) is 13.1 Å². The van der Waals surface area contributed by atoms with Gasteiger partial charge in [0.1, 0.15) is 12.6 Å². The first kappa shape index (κ1) is 12.6. The minimum absolute atomic E-state index is 0.0985. The van der Waals surface area contributed by atoms with Crippen molar-refractivity contribution in [3.63, 3.8) is 0 Å². The van der Waals surface area contributed by atoms with Gasteiger partial charge in [-0.15, -0.1) is 0 Å². The van der Waals surface area contributed by atoms with Crippen LogP contribution in [0.4, 0.5) is 0 Å². The molecule has 0 unspecified atom stereocenters. The third-order valence-corrected chi connectivity index (χ3v) is 3.26. The Morgan fingerprint density at radius 3 is 2.56 bits per heavy atom. The lowest BCUT2D eigenvalue weighted by molar-refractivity contribution is -0.645. The molecule has 3 heteroatoms. The molecule has 0 atom stereocenters. The lowest BCUT2D eigenvalue weighted by Crippen LogP contribution is -2.35. The Kier molecular flexibility index (Phi) is 3.60. The highest BCUT2D eigenvalue weighted by Gasteiger charge is 2.17. The molecule has 94 valence electrons. The van der Waals surface area contributed by atoms with Gasteiger partial charge in [0.2, 0.25) is 5.52 Å². The maximum atomic E-state index is 12.3. The average Bonchev–Trinajstić information content (AvgIpc) is 2.40. The number of hydrogen-bond acceptors (Lipinski definition) is 1. The number of benzene rings is 1. The molecule has 2 aromatic rings. The molecule has 0 N–H and O–H groups in total. The summed E-state index contributed by atoms with van der Waals surface area (Å²) in [5.74, 6) is 0.0985. The highest BCUT2D eigenvalue weighted by molar-refractivity contribution is 5.96. The molecule has 0 aliphatic carbocycles. The van der Waals surface area contributed by atoms with Gasteiger partial charge in [-0.25, -0.2) is 4.57 Å². The van der Waals surface area contributed by atoms with Gasteiger partial charge in [-0.1, -0.05) is 12.1 Å². The van der Waals surface area contributed by atoms with E-state index in [0.717, 1.165) is 29.6 Å². The Morgan fingerprint density at radius 1 is 1.22 bits per heavy atom. The van der Waals surface area contributed by atoms with Gasteiger partial charge in [-0.2, -0.15) is 0 Å². The van der Waals surface area contributed by atoms with Crippen LogP contribution < -0.4 is 4.57 Å². The Morgan fingerprint density at radius 2 is 1.89 bits per heavy atom. The molecule has 18 heavy (non-hydrogen) atoms. The van der Waals surface area contributed by atoms with E-state index >= 15 is 0 Å². The second kappa shape index (κ2) is 5.17. The van der Waals surface area contributed by atoms with Crippen molar-refractivity contribution in [2.24, 2.45) is 7.05 Å². The molecule has 0 aliphatic heterocycles. The Labute approximate surface area is 108 Å². The van der Waals surface area contributed by atoms with Crippen molar-refractivity contribution in [2.45, 2.75) is 13.8 Å². The maximum absolute atomic E-state index is 12.3. The summed E-state index contributed by atoms with van der Waals surface area (Å²) in [6.07, 6.45) is 1.91. The number of pyridine rings is 1. The van der Waals surface area contributed by atoms with Crippen molar-refractivity contribution < 1.29 is 9.36 Å². The predicted octanol–water partition coefficient (Wildman–Crippen LogP) is 2.15. The normalized spacial score (nSPS) is 10.6. The third-order valence-electron chi connectivity index (χ3n) is 3.26. The number of nitrogens with zero attached hydrogens (tertiary/aromatic N) is 2. The summed E-state index contributed by atoms with van der Waals surface area (Å²) in [6, 6.07) is 10.1. The zero-order valence-electron chi connectivity index (χ0n) is 11.2. The van der Waals surface area contributed by atoms with Crippen LogP contribution in [0.2, 0.25) is 0 Å². The van der Waals surface area contributed by atoms with Crippen LogP contribution in [0.25, 0.3) is 10.9 Å². The SMILES string of the molecule is CCN(CC)C(=O)c1cc2ccccc2[n+](C)c1. The number of aromatic nitrogens is 1. The summed E-state index contributed by atoms with van der Waals surface area (Å²) in [5, 5.41) is 1.10. The number of hydrogen-bond donors (Lipinski definition) is 0. The molecule has 0 radical (unpaired) electrons. The van der Waals surface area contributed by atoms with Crippen molar-refractivity contribution in [3.8, 4) is 0 Å². The molecular weight excluding hydrogens is 224 g/mol. The minimum Gasteiger partial charge on any atom is -0.339 e. The van der Waals surface area contributed by atoms with Crippen molar-refractivity contribution in [3.05, 3.63) is 42.1 Å². The van der Waals surface area contributed by atoms with Crippen LogP contribution in [-0.4, -0.2) is 23.9 Å². The van der Waals surface area contributed by atoms with Gasteiger partial charge in [0, 0.05) is 24.5 Å². The van der Waals surface area contributed by atoms with E-state index in [0.29, 0.717) is 0 Å². The summed E-state index contributed by atoms with van der Waals surface area (Å²) in [4.78, 5) is 14.2. The Hall–Kier alpha value is -1.90.